The predicted octanol–water partition coefficient (Wildman–Crippen LogP) is 1.49. The van der Waals surface area contributed by atoms with Crippen LogP contribution in [0, 0.1) is 0 Å². The van der Waals surface area contributed by atoms with Crippen LogP contribution in [0.15, 0.2) is 18.3 Å². The molecule has 2 N–H and O–H groups in total. The highest BCUT2D eigenvalue weighted by Gasteiger charge is 2.43. The van der Waals surface area contributed by atoms with Gasteiger partial charge in [-0.05, 0) is 32.4 Å². The second-order valence-electron chi connectivity index (χ2n) is 5.88. The third-order valence-corrected chi connectivity index (χ3v) is 3.40. The van der Waals surface area contributed by atoms with Gasteiger partial charge in [-0.2, -0.15) is 0 Å². The van der Waals surface area contributed by atoms with Gasteiger partial charge in [-0.25, -0.2) is 4.98 Å². The molecule has 0 radical (unpaired) electrons. The number of rotatable bonds is 2. The van der Waals surface area contributed by atoms with Crippen molar-refractivity contribution in [3.05, 3.63) is 23.9 Å². The summed E-state index contributed by atoms with van der Waals surface area (Å²) in [7, 11) is 1.58. The minimum absolute atomic E-state index is 0.0980. The summed E-state index contributed by atoms with van der Waals surface area (Å²) in [5, 5.41) is 0. The van der Waals surface area contributed by atoms with Crippen molar-refractivity contribution in [2.45, 2.75) is 44.8 Å². The summed E-state index contributed by atoms with van der Waals surface area (Å²) in [4.78, 5) is 18.2. The largest absolute Gasteiger partial charge is 0.481 e. The van der Waals surface area contributed by atoms with E-state index >= 15 is 0 Å². The van der Waals surface area contributed by atoms with E-state index in [0.717, 1.165) is 5.56 Å². The summed E-state index contributed by atoms with van der Waals surface area (Å²) in [6, 6.07) is 3.41. The van der Waals surface area contributed by atoms with E-state index in [0.29, 0.717) is 12.3 Å². The Morgan fingerprint density at radius 2 is 2.11 bits per heavy atom. The molecule has 2 rings (SSSR count). The maximum Gasteiger partial charge on any atom is 0.225 e. The topological polar surface area (TPSA) is 68.5 Å². The number of methoxy groups -OCH3 is 1. The Balaban J connectivity index is 2.36. The van der Waals surface area contributed by atoms with Crippen molar-refractivity contribution in [1.82, 2.24) is 9.88 Å². The van der Waals surface area contributed by atoms with Crippen molar-refractivity contribution in [2.75, 3.05) is 7.11 Å². The van der Waals surface area contributed by atoms with E-state index in [-0.39, 0.29) is 23.5 Å². The first-order valence-electron chi connectivity index (χ1n) is 6.42. The molecule has 19 heavy (non-hydrogen) atoms. The standard InChI is InChI=1S/C14H21N3O2/c1-14(2,3)17-12(18)7-10(15)13(17)9-5-6-11(19-4)16-8-9/h5-6,8,10,13H,7,15H2,1-4H3. The number of pyridine rings is 1. The number of carbonyl (C=O) groups excluding carboxylic acids is 1. The van der Waals surface area contributed by atoms with Crippen LogP contribution in [0.5, 0.6) is 5.88 Å². The summed E-state index contributed by atoms with van der Waals surface area (Å²) in [5.41, 5.74) is 6.84. The minimum Gasteiger partial charge on any atom is -0.481 e. The fourth-order valence-electron chi connectivity index (χ4n) is 2.63. The smallest absolute Gasteiger partial charge is 0.225 e. The van der Waals surface area contributed by atoms with Gasteiger partial charge in [0.05, 0.1) is 13.2 Å². The quantitative estimate of drug-likeness (QED) is 0.877. The number of hydrogen-bond donors (Lipinski definition) is 1. The van der Waals surface area contributed by atoms with Gasteiger partial charge in [0.15, 0.2) is 0 Å². The summed E-state index contributed by atoms with van der Waals surface area (Å²) in [6.45, 7) is 6.06. The lowest BCUT2D eigenvalue weighted by Crippen LogP contribution is -2.45. The van der Waals surface area contributed by atoms with Gasteiger partial charge in [0, 0.05) is 30.3 Å². The molecule has 0 aliphatic carbocycles. The van der Waals surface area contributed by atoms with Gasteiger partial charge in [0.25, 0.3) is 0 Å². The fraction of sp³-hybridized carbons (Fsp3) is 0.571. The van der Waals surface area contributed by atoms with Crippen LogP contribution < -0.4 is 10.5 Å². The normalized spacial score (nSPS) is 23.8. The molecule has 1 aliphatic heterocycles. The van der Waals surface area contributed by atoms with Crippen LogP contribution >= 0.6 is 0 Å². The Morgan fingerprint density at radius 1 is 1.42 bits per heavy atom. The second-order valence-corrected chi connectivity index (χ2v) is 5.88. The summed E-state index contributed by atoms with van der Waals surface area (Å²) in [5.74, 6) is 0.657. The molecule has 5 nitrogen and oxygen atoms in total. The number of nitrogens with zero attached hydrogens (tertiary/aromatic N) is 2. The first-order chi connectivity index (χ1) is 8.84. The maximum atomic E-state index is 12.1. The zero-order valence-corrected chi connectivity index (χ0v) is 11.9. The molecule has 0 spiro atoms. The number of ether oxygens (including phenoxy) is 1. The van der Waals surface area contributed by atoms with Crippen molar-refractivity contribution < 1.29 is 9.53 Å². The van der Waals surface area contributed by atoms with E-state index in [1.807, 2.05) is 31.7 Å². The summed E-state index contributed by atoms with van der Waals surface area (Å²) >= 11 is 0. The Labute approximate surface area is 113 Å². The third-order valence-electron chi connectivity index (χ3n) is 3.40. The van der Waals surface area contributed by atoms with Gasteiger partial charge in [-0.15, -0.1) is 0 Å². The molecule has 1 aromatic heterocycles. The SMILES string of the molecule is COc1ccc(C2C(N)CC(=O)N2C(C)(C)C)cn1. The second kappa shape index (κ2) is 4.81. The highest BCUT2D eigenvalue weighted by molar-refractivity contribution is 5.81. The molecular formula is C14H21N3O2. The van der Waals surface area contributed by atoms with E-state index < -0.39 is 0 Å². The van der Waals surface area contributed by atoms with Crippen LogP contribution in [-0.4, -0.2) is 34.5 Å². The van der Waals surface area contributed by atoms with E-state index in [1.165, 1.54) is 0 Å². The summed E-state index contributed by atoms with van der Waals surface area (Å²) in [6.07, 6.45) is 2.12. The fourth-order valence-corrected chi connectivity index (χ4v) is 2.63. The molecule has 2 unspecified atom stereocenters. The molecule has 2 heterocycles. The third kappa shape index (κ3) is 2.56. The highest BCUT2D eigenvalue weighted by Crippen LogP contribution is 2.37. The maximum absolute atomic E-state index is 12.1. The average Bonchev–Trinajstić information content (AvgIpc) is 2.64. The van der Waals surface area contributed by atoms with E-state index in [9.17, 15) is 4.79 Å². The predicted molar refractivity (Wildman–Crippen MR) is 72.7 cm³/mol. The minimum atomic E-state index is -0.254. The Hall–Kier alpha value is -1.62. The number of hydrogen-bond acceptors (Lipinski definition) is 4. The molecule has 1 aromatic rings. The van der Waals surface area contributed by atoms with Crippen molar-refractivity contribution in [2.24, 2.45) is 5.73 Å². The molecule has 0 aromatic carbocycles. The molecule has 5 heteroatoms. The van der Waals surface area contributed by atoms with Gasteiger partial charge in [0.2, 0.25) is 11.8 Å². The van der Waals surface area contributed by atoms with Gasteiger partial charge in [0.1, 0.15) is 0 Å². The van der Waals surface area contributed by atoms with Gasteiger partial charge in [-0.1, -0.05) is 0 Å². The number of likely N-dealkylation sites (tertiary alicyclic amines) is 1. The molecule has 0 bridgehead atoms. The summed E-state index contributed by atoms with van der Waals surface area (Å²) < 4.78 is 5.05. The molecular weight excluding hydrogens is 242 g/mol. The number of nitrogens with two attached hydrogens (primary N) is 1. The van der Waals surface area contributed by atoms with E-state index in [1.54, 1.807) is 19.4 Å². The lowest BCUT2D eigenvalue weighted by atomic mass is 9.98. The van der Waals surface area contributed by atoms with Crippen molar-refractivity contribution >= 4 is 5.91 Å². The van der Waals surface area contributed by atoms with Crippen LogP contribution in [0.3, 0.4) is 0 Å². The van der Waals surface area contributed by atoms with Gasteiger partial charge < -0.3 is 15.4 Å². The molecule has 1 aliphatic rings. The lowest BCUT2D eigenvalue weighted by molar-refractivity contribution is -0.133. The molecule has 104 valence electrons. The molecule has 0 saturated carbocycles. The van der Waals surface area contributed by atoms with Gasteiger partial charge in [-0.3, -0.25) is 4.79 Å². The number of amides is 1. The van der Waals surface area contributed by atoms with Crippen molar-refractivity contribution in [3.8, 4) is 5.88 Å². The van der Waals surface area contributed by atoms with Crippen LogP contribution in [0.25, 0.3) is 0 Å². The lowest BCUT2D eigenvalue weighted by Gasteiger charge is -2.38. The first-order valence-corrected chi connectivity index (χ1v) is 6.42. The molecule has 2 atom stereocenters. The zero-order chi connectivity index (χ0) is 14.2. The highest BCUT2D eigenvalue weighted by atomic mass is 16.5. The van der Waals surface area contributed by atoms with Crippen LogP contribution in [-0.2, 0) is 4.79 Å². The Bertz CT molecular complexity index is 465. The van der Waals surface area contributed by atoms with Crippen LogP contribution in [0.4, 0.5) is 0 Å². The van der Waals surface area contributed by atoms with Crippen LogP contribution in [0.1, 0.15) is 38.8 Å². The zero-order valence-electron chi connectivity index (χ0n) is 11.9. The number of aromatic nitrogens is 1. The molecule has 1 fully saturated rings. The monoisotopic (exact) mass is 263 g/mol. The van der Waals surface area contributed by atoms with Crippen molar-refractivity contribution in [3.63, 3.8) is 0 Å². The number of carbonyl (C=O) groups is 1. The Kier molecular flexibility index (Phi) is 3.49. The van der Waals surface area contributed by atoms with Crippen molar-refractivity contribution in [1.29, 1.82) is 0 Å². The van der Waals surface area contributed by atoms with Crippen LogP contribution in [0.2, 0.25) is 0 Å². The van der Waals surface area contributed by atoms with Gasteiger partial charge >= 0.3 is 0 Å². The first kappa shape index (κ1) is 13.8. The molecule has 1 amide bonds. The Morgan fingerprint density at radius 3 is 2.58 bits per heavy atom. The average molecular weight is 263 g/mol. The molecule has 1 saturated heterocycles. The van der Waals surface area contributed by atoms with E-state index in [2.05, 4.69) is 4.98 Å². The van der Waals surface area contributed by atoms with E-state index in [4.69, 9.17) is 10.5 Å².